The Morgan fingerprint density at radius 1 is 1.69 bits per heavy atom. The van der Waals surface area contributed by atoms with Crippen LogP contribution in [0.4, 0.5) is 0 Å². The highest BCUT2D eigenvalue weighted by Crippen LogP contribution is 2.16. The summed E-state index contributed by atoms with van der Waals surface area (Å²) in [5.41, 5.74) is 5.14. The number of sulfone groups is 1. The van der Waals surface area contributed by atoms with Crippen molar-refractivity contribution in [3.63, 3.8) is 0 Å². The van der Waals surface area contributed by atoms with Crippen LogP contribution in [0.15, 0.2) is 9.72 Å². The molecule has 0 atom stereocenters. The van der Waals surface area contributed by atoms with Crippen molar-refractivity contribution in [2.24, 2.45) is 5.73 Å². The summed E-state index contributed by atoms with van der Waals surface area (Å²) < 4.78 is 21.9. The van der Waals surface area contributed by atoms with E-state index < -0.39 is 15.7 Å². The summed E-state index contributed by atoms with van der Waals surface area (Å²) in [4.78, 5) is 14.1. The lowest BCUT2D eigenvalue weighted by molar-refractivity contribution is -0.114. The molecule has 1 aromatic heterocycles. The molecular weight excluding hydrogens is 212 g/mol. The van der Waals surface area contributed by atoms with Gasteiger partial charge in [-0.25, -0.2) is 13.4 Å². The number of carbonyl (C=O) groups excluding carboxylic acids is 1. The van der Waals surface area contributed by atoms with Gasteiger partial charge in [0.1, 0.15) is 0 Å². The number of nitrogens with zero attached hydrogens (tertiary/aromatic N) is 1. The van der Waals surface area contributed by atoms with Gasteiger partial charge in [0.2, 0.25) is 20.1 Å². The molecule has 0 unspecified atom stereocenters. The smallest absolute Gasteiger partial charge is 0.227 e. The number of nitrogens with two attached hydrogens (primary N) is 1. The van der Waals surface area contributed by atoms with E-state index in [0.29, 0.717) is 0 Å². The monoisotopic (exact) mass is 219 g/mol. The quantitative estimate of drug-likeness (QED) is 0.747. The van der Waals surface area contributed by atoms with E-state index in [9.17, 15) is 13.2 Å². The molecule has 1 radical (unpaired) electrons. The second kappa shape index (κ2) is 3.43. The summed E-state index contributed by atoms with van der Waals surface area (Å²) in [5.74, 6) is -0.648. The highest BCUT2D eigenvalue weighted by atomic mass is 32.2. The SMILES string of the molecule is CS(=O)(=O)c1nc([CH]C(N)=O)cs1. The zero-order chi connectivity index (χ0) is 10.1. The third kappa shape index (κ3) is 2.78. The minimum atomic E-state index is -3.28. The number of primary amides is 1. The van der Waals surface area contributed by atoms with Gasteiger partial charge in [-0.15, -0.1) is 11.3 Å². The molecule has 7 heteroatoms. The van der Waals surface area contributed by atoms with E-state index in [1.165, 1.54) is 5.38 Å². The Morgan fingerprint density at radius 2 is 2.31 bits per heavy atom. The molecule has 0 aliphatic rings. The van der Waals surface area contributed by atoms with E-state index in [1.54, 1.807) is 0 Å². The van der Waals surface area contributed by atoms with Crippen LogP contribution >= 0.6 is 11.3 Å². The second-order valence-corrected chi connectivity index (χ2v) is 5.40. The van der Waals surface area contributed by atoms with Crippen LogP contribution in [0, 0.1) is 6.42 Å². The molecule has 0 spiro atoms. The Hall–Kier alpha value is -0.950. The van der Waals surface area contributed by atoms with Gasteiger partial charge in [0.15, 0.2) is 0 Å². The fourth-order valence-corrected chi connectivity index (χ4v) is 2.27. The normalized spacial score (nSPS) is 11.5. The van der Waals surface area contributed by atoms with Gasteiger partial charge in [-0.2, -0.15) is 0 Å². The molecule has 0 aliphatic carbocycles. The number of rotatable bonds is 3. The molecule has 2 N–H and O–H groups in total. The minimum absolute atomic E-state index is 0.0139. The summed E-state index contributed by atoms with van der Waals surface area (Å²) in [7, 11) is -3.28. The van der Waals surface area contributed by atoms with Crippen molar-refractivity contribution < 1.29 is 13.2 Å². The first-order chi connectivity index (χ1) is 5.89. The number of hydrogen-bond donors (Lipinski definition) is 1. The summed E-state index contributed by atoms with van der Waals surface area (Å²) >= 11 is 0.960. The molecule has 0 fully saturated rings. The maximum Gasteiger partial charge on any atom is 0.227 e. The van der Waals surface area contributed by atoms with E-state index in [-0.39, 0.29) is 10.0 Å². The lowest BCUT2D eigenvalue weighted by atomic mass is 10.3. The highest BCUT2D eigenvalue weighted by molar-refractivity contribution is 7.92. The third-order valence-corrected chi connectivity index (χ3v) is 3.68. The lowest BCUT2D eigenvalue weighted by Gasteiger charge is -1.88. The number of amides is 1. The molecule has 1 amide bonds. The zero-order valence-electron chi connectivity index (χ0n) is 6.72. The molecule has 1 rings (SSSR count). The maximum absolute atomic E-state index is 10.9. The zero-order valence-corrected chi connectivity index (χ0v) is 8.35. The topological polar surface area (TPSA) is 90.1 Å². The van der Waals surface area contributed by atoms with Gasteiger partial charge in [0, 0.05) is 11.6 Å². The van der Waals surface area contributed by atoms with Crippen molar-refractivity contribution in [3.8, 4) is 0 Å². The molecule has 0 saturated carbocycles. The average Bonchev–Trinajstić information content (AvgIpc) is 2.32. The van der Waals surface area contributed by atoms with Crippen molar-refractivity contribution >= 4 is 27.1 Å². The minimum Gasteiger partial charge on any atom is -0.369 e. The van der Waals surface area contributed by atoms with Crippen LogP contribution in [-0.4, -0.2) is 25.6 Å². The van der Waals surface area contributed by atoms with Gasteiger partial charge in [0.25, 0.3) is 0 Å². The van der Waals surface area contributed by atoms with Gasteiger partial charge in [-0.05, 0) is 0 Å². The van der Waals surface area contributed by atoms with Crippen LogP contribution in [-0.2, 0) is 14.6 Å². The van der Waals surface area contributed by atoms with E-state index in [0.717, 1.165) is 24.0 Å². The largest absolute Gasteiger partial charge is 0.369 e. The summed E-state index contributed by atoms with van der Waals surface area (Å²) in [5, 5.41) is 1.46. The van der Waals surface area contributed by atoms with Gasteiger partial charge < -0.3 is 5.73 Å². The Labute approximate surface area is 79.5 Å². The van der Waals surface area contributed by atoms with Gasteiger partial charge in [0.05, 0.1) is 12.1 Å². The highest BCUT2D eigenvalue weighted by Gasteiger charge is 2.13. The van der Waals surface area contributed by atoms with Crippen molar-refractivity contribution in [1.82, 2.24) is 4.98 Å². The molecule has 71 valence electrons. The second-order valence-electron chi connectivity index (χ2n) is 2.36. The van der Waals surface area contributed by atoms with Gasteiger partial charge in [-0.3, -0.25) is 4.79 Å². The molecule has 0 aromatic carbocycles. The predicted octanol–water partition coefficient (Wildman–Crippen LogP) is -0.416. The fraction of sp³-hybridized carbons (Fsp3) is 0.167. The van der Waals surface area contributed by atoms with E-state index in [4.69, 9.17) is 5.73 Å². The lowest BCUT2D eigenvalue weighted by Crippen LogP contribution is -2.11. The Bertz CT molecular complexity index is 421. The molecule has 0 aliphatic heterocycles. The average molecular weight is 219 g/mol. The van der Waals surface area contributed by atoms with Crippen LogP contribution in [0.2, 0.25) is 0 Å². The van der Waals surface area contributed by atoms with Crippen LogP contribution in [0.3, 0.4) is 0 Å². The summed E-state index contributed by atoms with van der Waals surface area (Å²) in [6.45, 7) is 0. The summed E-state index contributed by atoms with van der Waals surface area (Å²) in [6, 6.07) is 0. The molecule has 13 heavy (non-hydrogen) atoms. The Balaban J connectivity index is 2.94. The van der Waals surface area contributed by atoms with Crippen molar-refractivity contribution in [2.75, 3.05) is 6.26 Å². The maximum atomic E-state index is 10.9. The van der Waals surface area contributed by atoms with E-state index in [2.05, 4.69) is 4.98 Å². The van der Waals surface area contributed by atoms with Crippen molar-refractivity contribution in [3.05, 3.63) is 17.5 Å². The first-order valence-corrected chi connectivity index (χ1v) is 5.96. The first kappa shape index (κ1) is 10.1. The predicted molar refractivity (Wildman–Crippen MR) is 47.8 cm³/mol. The first-order valence-electron chi connectivity index (χ1n) is 3.19. The third-order valence-electron chi connectivity index (χ3n) is 1.11. The molecule has 1 aromatic rings. The van der Waals surface area contributed by atoms with E-state index >= 15 is 0 Å². The van der Waals surface area contributed by atoms with E-state index in [1.807, 2.05) is 0 Å². The van der Waals surface area contributed by atoms with Crippen LogP contribution in [0.1, 0.15) is 5.69 Å². The fourth-order valence-electron chi connectivity index (χ4n) is 0.651. The molecule has 0 bridgehead atoms. The molecule has 1 heterocycles. The number of hydrogen-bond acceptors (Lipinski definition) is 5. The molecular formula is C6H7N2O3S2. The Morgan fingerprint density at radius 3 is 2.69 bits per heavy atom. The Kier molecular flexibility index (Phi) is 2.67. The standard InChI is InChI=1S/C6H7N2O3S2/c1-13(10,11)6-8-4(3-12-6)2-5(7)9/h2-3H,1H3,(H2,7,9). The molecule has 5 nitrogen and oxygen atoms in total. The van der Waals surface area contributed by atoms with Crippen LogP contribution in [0.5, 0.6) is 0 Å². The summed E-state index contributed by atoms with van der Waals surface area (Å²) in [6.07, 6.45) is 2.13. The number of thiazole rings is 1. The van der Waals surface area contributed by atoms with Crippen LogP contribution < -0.4 is 5.73 Å². The van der Waals surface area contributed by atoms with Crippen LogP contribution in [0.25, 0.3) is 0 Å². The van der Waals surface area contributed by atoms with Gasteiger partial charge >= 0.3 is 0 Å². The van der Waals surface area contributed by atoms with Crippen molar-refractivity contribution in [1.29, 1.82) is 0 Å². The van der Waals surface area contributed by atoms with Gasteiger partial charge in [-0.1, -0.05) is 0 Å². The molecule has 0 saturated heterocycles. The van der Waals surface area contributed by atoms with Crippen molar-refractivity contribution in [2.45, 2.75) is 4.34 Å². The number of aromatic nitrogens is 1. The number of carbonyl (C=O) groups is 1.